The normalized spacial score (nSPS) is 11.8. The Morgan fingerprint density at radius 1 is 1.06 bits per heavy atom. The largest absolute Gasteiger partial charge is 0.332 e. The quantitative estimate of drug-likeness (QED) is 0.525. The van der Waals surface area contributed by atoms with Crippen LogP contribution in [0, 0.1) is 0 Å². The molecule has 0 unspecified atom stereocenters. The number of rotatable bonds is 8. The molecule has 0 aliphatic carbocycles. The molecule has 0 radical (unpaired) electrons. The Hall–Kier alpha value is -3.31. The molecule has 0 aliphatic heterocycles. The second kappa shape index (κ2) is 9.67. The molecule has 33 heavy (non-hydrogen) atoms. The van der Waals surface area contributed by atoms with Gasteiger partial charge in [-0.05, 0) is 30.2 Å². The van der Waals surface area contributed by atoms with E-state index in [0.717, 1.165) is 10.1 Å². The average molecular weight is 474 g/mol. The highest BCUT2D eigenvalue weighted by Gasteiger charge is 2.21. The number of carbonyl (C=O) groups is 1. The molecule has 2 aromatic heterocycles. The average Bonchev–Trinajstić information content (AvgIpc) is 2.81. The van der Waals surface area contributed by atoms with Gasteiger partial charge >= 0.3 is 5.69 Å². The highest BCUT2D eigenvalue weighted by molar-refractivity contribution is 7.89. The molecule has 0 aliphatic rings. The lowest BCUT2D eigenvalue weighted by molar-refractivity contribution is -0.116. The van der Waals surface area contributed by atoms with E-state index in [0.29, 0.717) is 25.2 Å². The number of hydrogen-bond donors (Lipinski definition) is 1. The zero-order valence-electron chi connectivity index (χ0n) is 19.0. The number of fused-ring (bicyclic) bond motifs is 1. The van der Waals surface area contributed by atoms with Crippen molar-refractivity contribution in [2.45, 2.75) is 31.6 Å². The van der Waals surface area contributed by atoms with Gasteiger partial charge in [0.15, 0.2) is 0 Å². The van der Waals surface area contributed by atoms with Gasteiger partial charge in [0.05, 0.1) is 22.2 Å². The third kappa shape index (κ3) is 4.88. The first-order valence-electron chi connectivity index (χ1n) is 10.5. The Morgan fingerprint density at radius 3 is 2.30 bits per heavy atom. The minimum atomic E-state index is -3.52. The maximum absolute atomic E-state index is 12.6. The minimum absolute atomic E-state index is 0.158. The number of nitrogens with zero attached hydrogens (tertiary/aromatic N) is 4. The smallest absolute Gasteiger partial charge is 0.325 e. The van der Waals surface area contributed by atoms with Crippen LogP contribution in [0.15, 0.2) is 51.0 Å². The van der Waals surface area contributed by atoms with Crippen molar-refractivity contribution in [3.63, 3.8) is 0 Å². The van der Waals surface area contributed by atoms with E-state index in [-0.39, 0.29) is 28.3 Å². The van der Waals surface area contributed by atoms with Crippen molar-refractivity contribution in [2.24, 2.45) is 14.1 Å². The topological polar surface area (TPSA) is 123 Å². The monoisotopic (exact) mass is 473 g/mol. The van der Waals surface area contributed by atoms with E-state index in [1.807, 2.05) is 0 Å². The molecule has 0 saturated heterocycles. The summed E-state index contributed by atoms with van der Waals surface area (Å²) in [6, 6.07) is 7.99. The van der Waals surface area contributed by atoms with Gasteiger partial charge in [-0.15, -0.1) is 0 Å². The molecule has 0 fully saturated rings. The van der Waals surface area contributed by atoms with Gasteiger partial charge in [0.25, 0.3) is 5.56 Å². The predicted octanol–water partition coefficient (Wildman–Crippen LogP) is 1.23. The summed E-state index contributed by atoms with van der Waals surface area (Å²) in [7, 11) is -0.617. The lowest BCUT2D eigenvalue weighted by atomic mass is 10.1. The second-order valence-electron chi connectivity index (χ2n) is 7.58. The summed E-state index contributed by atoms with van der Waals surface area (Å²) < 4.78 is 28.8. The lowest BCUT2D eigenvalue weighted by Crippen LogP contribution is -2.37. The van der Waals surface area contributed by atoms with Crippen LogP contribution in [-0.4, -0.2) is 45.8 Å². The fourth-order valence-electron chi connectivity index (χ4n) is 3.56. The summed E-state index contributed by atoms with van der Waals surface area (Å²) >= 11 is 0. The van der Waals surface area contributed by atoms with Crippen molar-refractivity contribution < 1.29 is 13.2 Å². The molecule has 3 rings (SSSR count). The van der Waals surface area contributed by atoms with Gasteiger partial charge in [0.1, 0.15) is 5.65 Å². The van der Waals surface area contributed by atoms with Crippen molar-refractivity contribution >= 4 is 32.7 Å². The molecule has 3 aromatic rings. The third-order valence-electron chi connectivity index (χ3n) is 5.48. The van der Waals surface area contributed by atoms with Gasteiger partial charge in [-0.25, -0.2) is 18.2 Å². The van der Waals surface area contributed by atoms with E-state index >= 15 is 0 Å². The minimum Gasteiger partial charge on any atom is -0.325 e. The van der Waals surface area contributed by atoms with Crippen molar-refractivity contribution in [1.29, 1.82) is 0 Å². The van der Waals surface area contributed by atoms with Gasteiger partial charge in [-0.2, -0.15) is 4.31 Å². The van der Waals surface area contributed by atoms with Gasteiger partial charge < -0.3 is 5.32 Å². The summed E-state index contributed by atoms with van der Waals surface area (Å²) in [4.78, 5) is 41.2. The van der Waals surface area contributed by atoms with Crippen LogP contribution in [-0.2, 0) is 35.3 Å². The van der Waals surface area contributed by atoms with E-state index in [1.165, 1.54) is 35.2 Å². The number of benzene rings is 1. The van der Waals surface area contributed by atoms with Crippen molar-refractivity contribution in [3.8, 4) is 0 Å². The van der Waals surface area contributed by atoms with E-state index in [2.05, 4.69) is 10.3 Å². The molecule has 1 amide bonds. The van der Waals surface area contributed by atoms with Crippen LogP contribution in [0.1, 0.15) is 25.8 Å². The van der Waals surface area contributed by atoms with Gasteiger partial charge in [-0.3, -0.25) is 18.7 Å². The molecular weight excluding hydrogens is 446 g/mol. The van der Waals surface area contributed by atoms with Crippen LogP contribution >= 0.6 is 0 Å². The molecule has 0 bridgehead atoms. The molecule has 176 valence electrons. The summed E-state index contributed by atoms with van der Waals surface area (Å²) in [5.41, 5.74) is 0.443. The first kappa shape index (κ1) is 24.3. The third-order valence-corrected chi connectivity index (χ3v) is 7.55. The fourth-order valence-corrected chi connectivity index (χ4v) is 5.01. The molecule has 0 atom stereocenters. The molecule has 1 N–H and O–H groups in total. The Labute approximate surface area is 191 Å². The van der Waals surface area contributed by atoms with Crippen molar-refractivity contribution in [1.82, 2.24) is 18.4 Å². The van der Waals surface area contributed by atoms with Crippen LogP contribution in [0.2, 0.25) is 0 Å². The van der Waals surface area contributed by atoms with Crippen molar-refractivity contribution in [2.75, 3.05) is 18.4 Å². The number of amides is 1. The number of sulfonamides is 1. The lowest BCUT2D eigenvalue weighted by Gasteiger charge is -2.18. The van der Waals surface area contributed by atoms with Gasteiger partial charge in [-0.1, -0.05) is 26.0 Å². The highest BCUT2D eigenvalue weighted by atomic mass is 32.2. The Bertz CT molecular complexity index is 1400. The molecular formula is C22H27N5O5S. The molecule has 1 aromatic carbocycles. The summed E-state index contributed by atoms with van der Waals surface area (Å²) in [6.07, 6.45) is 1.96. The molecule has 0 spiro atoms. The molecule has 0 saturated carbocycles. The van der Waals surface area contributed by atoms with Crippen molar-refractivity contribution in [3.05, 3.63) is 62.9 Å². The zero-order valence-corrected chi connectivity index (χ0v) is 19.8. The highest BCUT2D eigenvalue weighted by Crippen LogP contribution is 2.17. The zero-order chi connectivity index (χ0) is 24.3. The number of hydrogen-bond acceptors (Lipinski definition) is 6. The van der Waals surface area contributed by atoms with E-state index in [4.69, 9.17) is 0 Å². The molecule has 2 heterocycles. The second-order valence-corrected chi connectivity index (χ2v) is 9.52. The van der Waals surface area contributed by atoms with Crippen LogP contribution in [0.25, 0.3) is 11.0 Å². The summed E-state index contributed by atoms with van der Waals surface area (Å²) in [5.74, 6) is -0.280. The Balaban J connectivity index is 1.69. The summed E-state index contributed by atoms with van der Waals surface area (Å²) in [6.45, 7) is 4.37. The molecule has 11 heteroatoms. The number of nitrogens with one attached hydrogen (secondary N) is 1. The van der Waals surface area contributed by atoms with Gasteiger partial charge in [0.2, 0.25) is 15.9 Å². The number of pyridine rings is 1. The van der Waals surface area contributed by atoms with Gasteiger partial charge in [0, 0.05) is 33.6 Å². The first-order valence-corrected chi connectivity index (χ1v) is 12.0. The predicted molar refractivity (Wildman–Crippen MR) is 126 cm³/mol. The maximum Gasteiger partial charge on any atom is 0.332 e. The molecule has 10 nitrogen and oxygen atoms in total. The number of carbonyl (C=O) groups excluding carboxylic acids is 1. The van der Waals surface area contributed by atoms with E-state index in [9.17, 15) is 22.8 Å². The fraction of sp³-hybridized carbons (Fsp3) is 0.364. The standard InChI is InChI=1S/C22H27N5O5S/c1-5-27(6-2)33(31,32)17-10-7-15(8-11-17)9-12-19(28)24-16-13-18-20(23-14-16)25(3)22(30)26(4)21(18)29/h7-8,10-11,13-14H,5-6,9,12H2,1-4H3,(H,24,28). The summed E-state index contributed by atoms with van der Waals surface area (Å²) in [5, 5.41) is 2.94. The van der Waals surface area contributed by atoms with Crippen LogP contribution < -0.4 is 16.6 Å². The Morgan fingerprint density at radius 2 is 1.70 bits per heavy atom. The first-order chi connectivity index (χ1) is 15.6. The van der Waals surface area contributed by atoms with Crippen LogP contribution in [0.3, 0.4) is 0 Å². The van der Waals surface area contributed by atoms with Crippen LogP contribution in [0.4, 0.5) is 5.69 Å². The number of aryl methyl sites for hydroxylation is 2. The van der Waals surface area contributed by atoms with Crippen LogP contribution in [0.5, 0.6) is 0 Å². The number of aromatic nitrogens is 3. The number of anilines is 1. The van der Waals surface area contributed by atoms with E-state index in [1.54, 1.807) is 38.1 Å². The Kier molecular flexibility index (Phi) is 7.13. The SMILES string of the molecule is CCN(CC)S(=O)(=O)c1ccc(CCC(=O)Nc2cnc3c(c2)c(=O)n(C)c(=O)n3C)cc1. The maximum atomic E-state index is 12.6. The van der Waals surface area contributed by atoms with E-state index < -0.39 is 21.3 Å².